The van der Waals surface area contributed by atoms with Crippen molar-refractivity contribution in [1.29, 1.82) is 0 Å². The van der Waals surface area contributed by atoms with Crippen LogP contribution >= 0.6 is 0 Å². The van der Waals surface area contributed by atoms with E-state index in [9.17, 15) is 0 Å². The molecule has 56 heavy (non-hydrogen) atoms. The van der Waals surface area contributed by atoms with Gasteiger partial charge < -0.3 is 4.42 Å². The lowest BCUT2D eigenvalue weighted by Gasteiger charge is -2.32. The number of rotatable bonds is 4. The highest BCUT2D eigenvalue weighted by Crippen LogP contribution is 2.66. The third-order valence-electron chi connectivity index (χ3n) is 11.9. The van der Waals surface area contributed by atoms with E-state index in [0.29, 0.717) is 5.82 Å². The minimum Gasteiger partial charge on any atom is -0.455 e. The Kier molecular flexibility index (Phi) is 6.55. The SMILES string of the molecule is c1ccc(-c2cc(-c3ccccc3)nc(-c3cccc(-c4cc5c(oc6ccccc65)c5c4C4(c6ccccc6-c6ccccc64)c4ccccc4-5)c3)n2)cc1. The number of benzene rings is 8. The zero-order valence-corrected chi connectivity index (χ0v) is 30.3. The second kappa shape index (κ2) is 11.8. The zero-order chi connectivity index (χ0) is 36.8. The fourth-order valence-electron chi connectivity index (χ4n) is 9.61. The Morgan fingerprint density at radius 3 is 1.55 bits per heavy atom. The maximum absolute atomic E-state index is 6.91. The lowest BCUT2D eigenvalue weighted by molar-refractivity contribution is 0.669. The van der Waals surface area contributed by atoms with Gasteiger partial charge in [0.15, 0.2) is 5.82 Å². The van der Waals surface area contributed by atoms with Gasteiger partial charge in [-0.15, -0.1) is 0 Å². The van der Waals surface area contributed by atoms with Crippen LogP contribution < -0.4 is 0 Å². The summed E-state index contributed by atoms with van der Waals surface area (Å²) in [6, 6.07) is 69.4. The first-order valence-electron chi connectivity index (χ1n) is 19.2. The lowest BCUT2D eigenvalue weighted by Crippen LogP contribution is -2.26. The molecule has 0 saturated heterocycles. The summed E-state index contributed by atoms with van der Waals surface area (Å²) in [6.45, 7) is 0. The monoisotopic (exact) mass is 712 g/mol. The molecule has 0 atom stereocenters. The van der Waals surface area contributed by atoms with Gasteiger partial charge in [-0.25, -0.2) is 9.97 Å². The topological polar surface area (TPSA) is 38.9 Å². The average molecular weight is 713 g/mol. The predicted octanol–water partition coefficient (Wildman–Crippen LogP) is 13.4. The fraction of sp³-hybridized carbons (Fsp3) is 0.0189. The van der Waals surface area contributed by atoms with Crippen molar-refractivity contribution in [1.82, 2.24) is 9.97 Å². The molecule has 0 unspecified atom stereocenters. The van der Waals surface area contributed by atoms with Gasteiger partial charge >= 0.3 is 0 Å². The molecule has 10 aromatic rings. The molecule has 8 aromatic carbocycles. The van der Waals surface area contributed by atoms with E-state index < -0.39 is 5.41 Å². The van der Waals surface area contributed by atoms with Crippen molar-refractivity contribution in [2.24, 2.45) is 0 Å². The van der Waals surface area contributed by atoms with Crippen LogP contribution in [0.4, 0.5) is 0 Å². The highest BCUT2D eigenvalue weighted by Gasteiger charge is 2.53. The molecule has 0 N–H and O–H groups in total. The summed E-state index contributed by atoms with van der Waals surface area (Å²) in [5, 5.41) is 2.22. The maximum atomic E-state index is 6.91. The maximum Gasteiger partial charge on any atom is 0.160 e. The van der Waals surface area contributed by atoms with Gasteiger partial charge in [0.1, 0.15) is 11.2 Å². The number of para-hydroxylation sites is 1. The number of fused-ring (bicyclic) bond motifs is 14. The van der Waals surface area contributed by atoms with E-state index in [0.717, 1.165) is 61.1 Å². The van der Waals surface area contributed by atoms with Crippen LogP contribution in [0.25, 0.3) is 89.2 Å². The van der Waals surface area contributed by atoms with Gasteiger partial charge in [0.05, 0.1) is 16.8 Å². The van der Waals surface area contributed by atoms with Crippen LogP contribution in [0.2, 0.25) is 0 Å². The van der Waals surface area contributed by atoms with Crippen LogP contribution in [0, 0.1) is 0 Å². The summed E-state index contributed by atoms with van der Waals surface area (Å²) >= 11 is 0. The molecular formula is C53H32N2O. The highest BCUT2D eigenvalue weighted by atomic mass is 16.3. The average Bonchev–Trinajstić information content (AvgIpc) is 3.91. The molecule has 0 fully saturated rings. The molecule has 2 aliphatic rings. The van der Waals surface area contributed by atoms with Gasteiger partial charge in [-0.3, -0.25) is 0 Å². The molecule has 0 saturated carbocycles. The van der Waals surface area contributed by atoms with Gasteiger partial charge in [0.2, 0.25) is 0 Å². The molecule has 260 valence electrons. The van der Waals surface area contributed by atoms with Crippen LogP contribution in [0.15, 0.2) is 199 Å². The third kappa shape index (κ3) is 4.28. The normalized spacial score (nSPS) is 13.1. The molecular weight excluding hydrogens is 681 g/mol. The van der Waals surface area contributed by atoms with Crippen molar-refractivity contribution in [2.45, 2.75) is 5.41 Å². The quantitative estimate of drug-likeness (QED) is 0.182. The van der Waals surface area contributed by atoms with Gasteiger partial charge in [-0.1, -0.05) is 170 Å². The minimum atomic E-state index is -0.554. The van der Waals surface area contributed by atoms with E-state index in [-0.39, 0.29) is 0 Å². The Morgan fingerprint density at radius 2 is 0.893 bits per heavy atom. The van der Waals surface area contributed by atoms with E-state index in [1.165, 1.54) is 44.5 Å². The van der Waals surface area contributed by atoms with Crippen molar-refractivity contribution < 1.29 is 4.42 Å². The number of aromatic nitrogens is 2. The molecule has 0 aliphatic heterocycles. The standard InChI is InChI=1S/C53H32N2O/c1-3-16-33(17-4-1)46-32-47(34-18-5-2-6-19-34)55-52(54-46)36-21-15-20-35(30-36)41-31-42-39-24-10-14-29-48(39)56-51(42)49-40-25-9-13-28-45(40)53(50(41)49)43-26-11-7-22-37(43)38-23-8-12-27-44(38)53/h1-32H. The largest absolute Gasteiger partial charge is 0.455 e. The van der Waals surface area contributed by atoms with E-state index in [1.54, 1.807) is 0 Å². The van der Waals surface area contributed by atoms with Gasteiger partial charge in [0, 0.05) is 33.0 Å². The molecule has 0 bridgehead atoms. The van der Waals surface area contributed by atoms with E-state index >= 15 is 0 Å². The third-order valence-corrected chi connectivity index (χ3v) is 11.9. The van der Waals surface area contributed by atoms with Gasteiger partial charge in [-0.05, 0) is 74.3 Å². The van der Waals surface area contributed by atoms with Crippen molar-refractivity contribution in [3.05, 3.63) is 216 Å². The van der Waals surface area contributed by atoms with Gasteiger partial charge in [-0.2, -0.15) is 0 Å². The molecule has 0 radical (unpaired) electrons. The van der Waals surface area contributed by atoms with Crippen LogP contribution in [0.5, 0.6) is 0 Å². The Hall–Kier alpha value is -7.36. The molecule has 12 rings (SSSR count). The van der Waals surface area contributed by atoms with E-state index in [4.69, 9.17) is 14.4 Å². The first-order chi connectivity index (χ1) is 27.8. The molecule has 3 heteroatoms. The lowest BCUT2D eigenvalue weighted by atomic mass is 9.68. The molecule has 2 heterocycles. The first-order valence-corrected chi connectivity index (χ1v) is 19.2. The molecule has 2 aromatic heterocycles. The van der Waals surface area contributed by atoms with Crippen molar-refractivity contribution >= 4 is 21.9 Å². The number of hydrogen-bond acceptors (Lipinski definition) is 3. The van der Waals surface area contributed by atoms with Crippen LogP contribution in [-0.4, -0.2) is 9.97 Å². The van der Waals surface area contributed by atoms with E-state index in [1.807, 2.05) is 12.1 Å². The first kappa shape index (κ1) is 31.0. The molecule has 1 spiro atoms. The second-order valence-electron chi connectivity index (χ2n) is 14.8. The van der Waals surface area contributed by atoms with Crippen molar-refractivity contribution in [2.75, 3.05) is 0 Å². The smallest absolute Gasteiger partial charge is 0.160 e. The minimum absolute atomic E-state index is 0.554. The van der Waals surface area contributed by atoms with E-state index in [2.05, 4.69) is 182 Å². The fourth-order valence-corrected chi connectivity index (χ4v) is 9.61. The highest BCUT2D eigenvalue weighted by molar-refractivity contribution is 6.16. The van der Waals surface area contributed by atoms with Crippen LogP contribution in [0.1, 0.15) is 22.3 Å². The summed E-state index contributed by atoms with van der Waals surface area (Å²) in [4.78, 5) is 10.5. The Labute approximate surface area is 324 Å². The van der Waals surface area contributed by atoms with Gasteiger partial charge in [0.25, 0.3) is 0 Å². The molecule has 0 amide bonds. The summed E-state index contributed by atoms with van der Waals surface area (Å²) in [5.74, 6) is 0.688. The Morgan fingerprint density at radius 1 is 0.375 bits per heavy atom. The summed E-state index contributed by atoms with van der Waals surface area (Å²) in [5.41, 5.74) is 18.4. The van der Waals surface area contributed by atoms with Crippen molar-refractivity contribution in [3.63, 3.8) is 0 Å². The summed E-state index contributed by atoms with van der Waals surface area (Å²) in [6.07, 6.45) is 0. The molecule has 3 nitrogen and oxygen atoms in total. The Balaban J connectivity index is 1.18. The number of furan rings is 1. The summed E-state index contributed by atoms with van der Waals surface area (Å²) in [7, 11) is 0. The predicted molar refractivity (Wildman–Crippen MR) is 227 cm³/mol. The van der Waals surface area contributed by atoms with Crippen LogP contribution in [-0.2, 0) is 5.41 Å². The molecule has 2 aliphatic carbocycles. The summed E-state index contributed by atoms with van der Waals surface area (Å²) < 4.78 is 6.91. The number of nitrogens with zero attached hydrogens (tertiary/aromatic N) is 2. The Bertz CT molecular complexity index is 3090. The second-order valence-corrected chi connectivity index (χ2v) is 14.8. The van der Waals surface area contributed by atoms with Crippen LogP contribution in [0.3, 0.4) is 0 Å². The van der Waals surface area contributed by atoms with Crippen molar-refractivity contribution in [3.8, 4) is 67.3 Å². The zero-order valence-electron chi connectivity index (χ0n) is 30.3. The number of hydrogen-bond donors (Lipinski definition) is 0.